The molecule has 4 aromatic rings. The summed E-state index contributed by atoms with van der Waals surface area (Å²) in [7, 11) is 0. The second-order valence-corrected chi connectivity index (χ2v) is 7.31. The summed E-state index contributed by atoms with van der Waals surface area (Å²) in [5, 5.41) is 1.13. The first-order chi connectivity index (χ1) is 13.7. The van der Waals surface area contributed by atoms with Crippen molar-refractivity contribution in [1.29, 1.82) is 0 Å². The van der Waals surface area contributed by atoms with Crippen LogP contribution in [0.3, 0.4) is 0 Å². The zero-order valence-electron chi connectivity index (χ0n) is 15.0. The first-order valence-electron chi connectivity index (χ1n) is 9.15. The Morgan fingerprint density at radius 3 is 2.57 bits per heavy atom. The van der Waals surface area contributed by atoms with E-state index in [2.05, 4.69) is 39.1 Å². The minimum Gasteiger partial charge on any atom is -0.336 e. The fourth-order valence-electron chi connectivity index (χ4n) is 3.64. The smallest absolute Gasteiger partial charge is 0.266 e. The van der Waals surface area contributed by atoms with Crippen LogP contribution < -0.4 is 10.5 Å². The van der Waals surface area contributed by atoms with Crippen LogP contribution in [0.15, 0.2) is 71.8 Å². The fourth-order valence-corrected chi connectivity index (χ4v) is 3.77. The van der Waals surface area contributed by atoms with Crippen LogP contribution in [0.2, 0.25) is 5.02 Å². The highest BCUT2D eigenvalue weighted by Crippen LogP contribution is 2.23. The summed E-state index contributed by atoms with van der Waals surface area (Å²) in [4.78, 5) is 24.2. The van der Waals surface area contributed by atoms with Gasteiger partial charge in [-0.2, -0.15) is 0 Å². The van der Waals surface area contributed by atoms with Gasteiger partial charge in [0, 0.05) is 36.2 Å². The maximum Gasteiger partial charge on any atom is 0.266 e. The number of halogens is 1. The average Bonchev–Trinajstić information content (AvgIpc) is 2.74. The van der Waals surface area contributed by atoms with Gasteiger partial charge in [0.05, 0.1) is 10.9 Å². The molecule has 3 heterocycles. The van der Waals surface area contributed by atoms with Gasteiger partial charge in [0.2, 0.25) is 5.95 Å². The quantitative estimate of drug-likeness (QED) is 0.521. The zero-order valence-corrected chi connectivity index (χ0v) is 15.8. The first-order valence-corrected chi connectivity index (χ1v) is 9.53. The Kier molecular flexibility index (Phi) is 4.10. The molecule has 0 atom stereocenters. The predicted octanol–water partition coefficient (Wildman–Crippen LogP) is 4.00. The number of anilines is 1. The molecular weight excluding hydrogens is 372 g/mol. The Balaban J connectivity index is 1.52. The molecule has 138 valence electrons. The molecule has 0 N–H and O–H groups in total. The van der Waals surface area contributed by atoms with E-state index in [1.54, 1.807) is 29.1 Å². The topological polar surface area (TPSA) is 51.0 Å². The van der Waals surface area contributed by atoms with Crippen LogP contribution in [0.25, 0.3) is 16.6 Å². The monoisotopic (exact) mass is 388 g/mol. The van der Waals surface area contributed by atoms with Crippen LogP contribution in [-0.4, -0.2) is 21.1 Å². The lowest BCUT2D eigenvalue weighted by Gasteiger charge is -2.28. The van der Waals surface area contributed by atoms with E-state index in [-0.39, 0.29) is 5.56 Å². The lowest BCUT2D eigenvalue weighted by atomic mass is 10.0. The number of hydrogen-bond acceptors (Lipinski definition) is 4. The molecule has 0 amide bonds. The van der Waals surface area contributed by atoms with Gasteiger partial charge in [0.25, 0.3) is 5.56 Å². The molecule has 0 saturated heterocycles. The molecule has 5 rings (SSSR count). The Labute approximate surface area is 166 Å². The molecule has 5 nitrogen and oxygen atoms in total. The lowest BCUT2D eigenvalue weighted by Crippen LogP contribution is -2.31. The highest BCUT2D eigenvalue weighted by molar-refractivity contribution is 6.30. The summed E-state index contributed by atoms with van der Waals surface area (Å²) in [6, 6.07) is 17.5. The molecule has 0 aliphatic carbocycles. The minimum absolute atomic E-state index is 0.143. The zero-order chi connectivity index (χ0) is 19.1. The van der Waals surface area contributed by atoms with Crippen molar-refractivity contribution < 1.29 is 0 Å². The largest absolute Gasteiger partial charge is 0.336 e. The van der Waals surface area contributed by atoms with E-state index in [0.717, 1.165) is 25.2 Å². The summed E-state index contributed by atoms with van der Waals surface area (Å²) >= 11 is 5.94. The summed E-state index contributed by atoms with van der Waals surface area (Å²) in [6.45, 7) is 1.65. The van der Waals surface area contributed by atoms with E-state index < -0.39 is 0 Å². The molecule has 1 aliphatic heterocycles. The van der Waals surface area contributed by atoms with Crippen LogP contribution in [0.4, 0.5) is 5.95 Å². The molecule has 0 spiro atoms. The molecule has 0 unspecified atom stereocenters. The minimum atomic E-state index is -0.143. The average molecular weight is 389 g/mol. The molecule has 0 fully saturated rings. The van der Waals surface area contributed by atoms with Gasteiger partial charge < -0.3 is 4.90 Å². The van der Waals surface area contributed by atoms with E-state index in [4.69, 9.17) is 11.6 Å². The summed E-state index contributed by atoms with van der Waals surface area (Å²) < 4.78 is 1.58. The molecule has 2 aromatic heterocycles. The number of pyridine rings is 1. The molecule has 6 heteroatoms. The number of nitrogens with zero attached hydrogens (tertiary/aromatic N) is 4. The Hall–Kier alpha value is -3.18. The van der Waals surface area contributed by atoms with Gasteiger partial charge in [-0.25, -0.2) is 9.97 Å². The normalized spacial score (nSPS) is 13.5. The standard InChI is InChI=1S/C22H17ClN4O/c23-17-5-7-18(8-6-17)27-12-10-20-19(21(27)28)13-24-22(25-20)26-11-9-15-3-1-2-4-16(15)14-26/h1-8,10,12-13H,9,11,14H2. The Bertz CT molecular complexity index is 1230. The number of rotatable bonds is 2. The number of benzene rings is 2. The molecule has 0 radical (unpaired) electrons. The van der Waals surface area contributed by atoms with Crippen LogP contribution >= 0.6 is 11.6 Å². The van der Waals surface area contributed by atoms with Gasteiger partial charge in [-0.3, -0.25) is 9.36 Å². The SMILES string of the molecule is O=c1c2cnc(N3CCc4ccccc4C3)nc2ccn1-c1ccc(Cl)cc1. The van der Waals surface area contributed by atoms with Crippen LogP contribution in [-0.2, 0) is 13.0 Å². The number of fused-ring (bicyclic) bond motifs is 2. The third-order valence-corrected chi connectivity index (χ3v) is 5.41. The maximum atomic E-state index is 12.9. The molecular formula is C22H17ClN4O. The summed E-state index contributed by atoms with van der Waals surface area (Å²) in [5.74, 6) is 0.658. The van der Waals surface area contributed by atoms with Crippen LogP contribution in [0, 0.1) is 0 Å². The Morgan fingerprint density at radius 1 is 0.964 bits per heavy atom. The molecule has 2 aromatic carbocycles. The highest BCUT2D eigenvalue weighted by Gasteiger charge is 2.18. The van der Waals surface area contributed by atoms with Crippen molar-refractivity contribution in [3.63, 3.8) is 0 Å². The third kappa shape index (κ3) is 2.94. The van der Waals surface area contributed by atoms with Gasteiger partial charge in [0.1, 0.15) is 0 Å². The van der Waals surface area contributed by atoms with E-state index in [0.29, 0.717) is 21.9 Å². The summed E-state index contributed by atoms with van der Waals surface area (Å²) in [5.41, 5.74) is 3.95. The summed E-state index contributed by atoms with van der Waals surface area (Å²) in [6.07, 6.45) is 4.35. The number of hydrogen-bond donors (Lipinski definition) is 0. The van der Waals surface area contributed by atoms with Crippen molar-refractivity contribution in [2.45, 2.75) is 13.0 Å². The molecule has 28 heavy (non-hydrogen) atoms. The highest BCUT2D eigenvalue weighted by atomic mass is 35.5. The van der Waals surface area contributed by atoms with Crippen LogP contribution in [0.5, 0.6) is 0 Å². The molecule has 0 bridgehead atoms. The van der Waals surface area contributed by atoms with Crippen molar-refractivity contribution in [3.05, 3.63) is 93.5 Å². The van der Waals surface area contributed by atoms with Gasteiger partial charge in [0.15, 0.2) is 0 Å². The van der Waals surface area contributed by atoms with Gasteiger partial charge in [-0.15, -0.1) is 0 Å². The molecule has 1 aliphatic rings. The second kappa shape index (κ2) is 6.77. The van der Waals surface area contributed by atoms with E-state index in [9.17, 15) is 4.79 Å². The van der Waals surface area contributed by atoms with Crippen molar-refractivity contribution in [2.75, 3.05) is 11.4 Å². The third-order valence-electron chi connectivity index (χ3n) is 5.15. The maximum absolute atomic E-state index is 12.9. The van der Waals surface area contributed by atoms with Crippen molar-refractivity contribution in [3.8, 4) is 5.69 Å². The van der Waals surface area contributed by atoms with Crippen molar-refractivity contribution in [1.82, 2.24) is 14.5 Å². The number of aromatic nitrogens is 3. The van der Waals surface area contributed by atoms with Gasteiger partial charge >= 0.3 is 0 Å². The van der Waals surface area contributed by atoms with Gasteiger partial charge in [-0.1, -0.05) is 35.9 Å². The van der Waals surface area contributed by atoms with E-state index in [1.807, 2.05) is 18.2 Å². The van der Waals surface area contributed by atoms with Crippen molar-refractivity contribution >= 4 is 28.5 Å². The predicted molar refractivity (Wildman–Crippen MR) is 111 cm³/mol. The second-order valence-electron chi connectivity index (χ2n) is 6.88. The Morgan fingerprint density at radius 2 is 1.75 bits per heavy atom. The first kappa shape index (κ1) is 17.0. The molecule has 0 saturated carbocycles. The fraction of sp³-hybridized carbons (Fsp3) is 0.136. The van der Waals surface area contributed by atoms with E-state index in [1.165, 1.54) is 11.1 Å². The van der Waals surface area contributed by atoms with Gasteiger partial charge in [-0.05, 0) is 47.9 Å². The van der Waals surface area contributed by atoms with E-state index >= 15 is 0 Å². The van der Waals surface area contributed by atoms with Crippen LogP contribution in [0.1, 0.15) is 11.1 Å². The lowest BCUT2D eigenvalue weighted by molar-refractivity contribution is 0.710. The van der Waals surface area contributed by atoms with Crippen molar-refractivity contribution in [2.24, 2.45) is 0 Å².